The Morgan fingerprint density at radius 2 is 1.89 bits per heavy atom. The zero-order valence-electron chi connectivity index (χ0n) is 16.7. The monoisotopic (exact) mass is 397 g/mol. The van der Waals surface area contributed by atoms with Gasteiger partial charge in [-0.05, 0) is 44.9 Å². The molecule has 8 heteroatoms. The maximum Gasteiger partial charge on any atom is 0.240 e. The fourth-order valence-electron chi connectivity index (χ4n) is 3.06. The van der Waals surface area contributed by atoms with E-state index < -0.39 is 10.0 Å². The SMILES string of the molecule is Cc1ccc(C)c(S(=O)(=O)NCCC(=O)NCC(C)(C)N2CCOCC2)c1. The molecule has 152 valence electrons. The lowest BCUT2D eigenvalue weighted by molar-refractivity contribution is -0.121. The van der Waals surface area contributed by atoms with E-state index in [4.69, 9.17) is 4.74 Å². The molecule has 0 atom stereocenters. The first-order valence-corrected chi connectivity index (χ1v) is 10.8. The molecule has 1 saturated heterocycles. The summed E-state index contributed by atoms with van der Waals surface area (Å²) in [6, 6.07) is 5.30. The van der Waals surface area contributed by atoms with Crippen molar-refractivity contribution in [3.63, 3.8) is 0 Å². The van der Waals surface area contributed by atoms with E-state index in [0.29, 0.717) is 25.3 Å². The number of aryl methyl sites for hydroxylation is 2. The van der Waals surface area contributed by atoms with Gasteiger partial charge in [-0.25, -0.2) is 13.1 Å². The predicted molar refractivity (Wildman–Crippen MR) is 105 cm³/mol. The number of ether oxygens (including phenoxy) is 1. The summed E-state index contributed by atoms with van der Waals surface area (Å²) >= 11 is 0. The molecule has 0 aliphatic carbocycles. The lowest BCUT2D eigenvalue weighted by Crippen LogP contribution is -2.55. The van der Waals surface area contributed by atoms with Crippen molar-refractivity contribution >= 4 is 15.9 Å². The van der Waals surface area contributed by atoms with Crippen LogP contribution in [0, 0.1) is 13.8 Å². The molecule has 0 spiro atoms. The number of nitrogens with zero attached hydrogens (tertiary/aromatic N) is 1. The van der Waals surface area contributed by atoms with Gasteiger partial charge in [0.1, 0.15) is 0 Å². The number of benzene rings is 1. The van der Waals surface area contributed by atoms with Crippen LogP contribution in [0.15, 0.2) is 23.1 Å². The van der Waals surface area contributed by atoms with Gasteiger partial charge in [-0.1, -0.05) is 12.1 Å². The Morgan fingerprint density at radius 1 is 1.22 bits per heavy atom. The summed E-state index contributed by atoms with van der Waals surface area (Å²) < 4.78 is 32.8. The number of carbonyl (C=O) groups excluding carboxylic acids is 1. The Bertz CT molecular complexity index is 756. The van der Waals surface area contributed by atoms with Gasteiger partial charge >= 0.3 is 0 Å². The van der Waals surface area contributed by atoms with Crippen molar-refractivity contribution in [2.75, 3.05) is 39.4 Å². The average Bonchev–Trinajstić information content (AvgIpc) is 2.62. The maximum absolute atomic E-state index is 12.4. The topological polar surface area (TPSA) is 87.7 Å². The van der Waals surface area contributed by atoms with Gasteiger partial charge in [0.2, 0.25) is 15.9 Å². The van der Waals surface area contributed by atoms with Crippen LogP contribution in [0.4, 0.5) is 0 Å². The smallest absolute Gasteiger partial charge is 0.240 e. The predicted octanol–water partition coefficient (Wildman–Crippen LogP) is 1.20. The molecule has 1 fully saturated rings. The third kappa shape index (κ3) is 6.27. The van der Waals surface area contributed by atoms with Crippen LogP contribution in [-0.4, -0.2) is 64.2 Å². The molecule has 2 N–H and O–H groups in total. The molecule has 1 aliphatic heterocycles. The number of sulfonamides is 1. The highest BCUT2D eigenvalue weighted by Gasteiger charge is 2.28. The molecule has 7 nitrogen and oxygen atoms in total. The summed E-state index contributed by atoms with van der Waals surface area (Å²) in [6.07, 6.45) is 0.100. The second kappa shape index (κ2) is 9.14. The van der Waals surface area contributed by atoms with Crippen molar-refractivity contribution in [3.05, 3.63) is 29.3 Å². The van der Waals surface area contributed by atoms with Crippen molar-refractivity contribution in [2.24, 2.45) is 0 Å². The number of morpholine rings is 1. The van der Waals surface area contributed by atoms with Crippen LogP contribution in [0.2, 0.25) is 0 Å². The molecule has 0 saturated carbocycles. The number of nitrogens with one attached hydrogen (secondary N) is 2. The van der Waals surface area contributed by atoms with Gasteiger partial charge in [-0.3, -0.25) is 9.69 Å². The quantitative estimate of drug-likeness (QED) is 0.688. The highest BCUT2D eigenvalue weighted by molar-refractivity contribution is 7.89. The van der Waals surface area contributed by atoms with E-state index >= 15 is 0 Å². The minimum atomic E-state index is -3.62. The van der Waals surface area contributed by atoms with Gasteiger partial charge in [0.15, 0.2) is 0 Å². The van der Waals surface area contributed by atoms with Gasteiger partial charge in [0.25, 0.3) is 0 Å². The fraction of sp³-hybridized carbons (Fsp3) is 0.632. The third-order valence-corrected chi connectivity index (χ3v) is 6.47. The summed E-state index contributed by atoms with van der Waals surface area (Å²) in [5.74, 6) is -0.167. The van der Waals surface area contributed by atoms with Crippen molar-refractivity contribution in [1.29, 1.82) is 0 Å². The number of hydrogen-bond acceptors (Lipinski definition) is 5. The van der Waals surface area contributed by atoms with E-state index in [0.717, 1.165) is 18.7 Å². The van der Waals surface area contributed by atoms with E-state index in [1.54, 1.807) is 19.1 Å². The van der Waals surface area contributed by atoms with E-state index in [1.807, 2.05) is 13.0 Å². The van der Waals surface area contributed by atoms with Crippen LogP contribution in [-0.2, 0) is 19.6 Å². The second-order valence-electron chi connectivity index (χ2n) is 7.61. The van der Waals surface area contributed by atoms with Gasteiger partial charge in [0, 0.05) is 38.1 Å². The van der Waals surface area contributed by atoms with Crippen molar-refractivity contribution in [3.8, 4) is 0 Å². The molecule has 1 aromatic rings. The molecule has 1 amide bonds. The van der Waals surface area contributed by atoms with Crippen LogP contribution in [0.1, 0.15) is 31.4 Å². The molecule has 0 unspecified atom stereocenters. The van der Waals surface area contributed by atoms with Crippen molar-refractivity contribution < 1.29 is 17.9 Å². The zero-order chi connectivity index (χ0) is 20.1. The first kappa shape index (κ1) is 21.8. The van der Waals surface area contributed by atoms with E-state index in [9.17, 15) is 13.2 Å². The first-order chi connectivity index (χ1) is 12.6. The highest BCUT2D eigenvalue weighted by Crippen LogP contribution is 2.17. The molecule has 0 bridgehead atoms. The fourth-order valence-corrected chi connectivity index (χ4v) is 4.42. The van der Waals surface area contributed by atoms with Gasteiger partial charge in [-0.2, -0.15) is 0 Å². The Kier molecular flexibility index (Phi) is 7.39. The Balaban J connectivity index is 1.80. The molecule has 1 heterocycles. The molecule has 27 heavy (non-hydrogen) atoms. The number of rotatable bonds is 8. The second-order valence-corrected chi connectivity index (χ2v) is 9.34. The summed E-state index contributed by atoms with van der Waals surface area (Å²) in [7, 11) is -3.62. The normalized spacial score (nSPS) is 16.3. The third-order valence-electron chi connectivity index (χ3n) is 4.86. The van der Waals surface area contributed by atoms with E-state index in [1.165, 1.54) is 0 Å². The Labute approximate surface area is 162 Å². The van der Waals surface area contributed by atoms with Crippen LogP contribution >= 0.6 is 0 Å². The standard InChI is InChI=1S/C19H31N3O4S/c1-15-5-6-16(2)17(13-15)27(24,25)21-8-7-18(23)20-14-19(3,4)22-9-11-26-12-10-22/h5-6,13,21H,7-12,14H2,1-4H3,(H,20,23). The molecule has 1 aromatic carbocycles. The molecular weight excluding hydrogens is 366 g/mol. The van der Waals surface area contributed by atoms with Crippen LogP contribution in [0.3, 0.4) is 0 Å². The largest absolute Gasteiger partial charge is 0.379 e. The molecule has 0 radical (unpaired) electrons. The van der Waals surface area contributed by atoms with Gasteiger partial charge in [0.05, 0.1) is 18.1 Å². The van der Waals surface area contributed by atoms with E-state index in [-0.39, 0.29) is 29.3 Å². The van der Waals surface area contributed by atoms with Crippen LogP contribution in [0.25, 0.3) is 0 Å². The van der Waals surface area contributed by atoms with Gasteiger partial charge < -0.3 is 10.1 Å². The number of amides is 1. The summed E-state index contributed by atoms with van der Waals surface area (Å²) in [5, 5.41) is 2.91. The minimum Gasteiger partial charge on any atom is -0.379 e. The van der Waals surface area contributed by atoms with Crippen LogP contribution < -0.4 is 10.0 Å². The van der Waals surface area contributed by atoms with Crippen LogP contribution in [0.5, 0.6) is 0 Å². The Hall–Kier alpha value is -1.48. The highest BCUT2D eigenvalue weighted by atomic mass is 32.2. The lowest BCUT2D eigenvalue weighted by atomic mass is 10.0. The Morgan fingerprint density at radius 3 is 2.56 bits per heavy atom. The lowest BCUT2D eigenvalue weighted by Gasteiger charge is -2.40. The van der Waals surface area contributed by atoms with Gasteiger partial charge in [-0.15, -0.1) is 0 Å². The maximum atomic E-state index is 12.4. The zero-order valence-corrected chi connectivity index (χ0v) is 17.5. The number of hydrogen-bond donors (Lipinski definition) is 2. The molecule has 0 aromatic heterocycles. The summed E-state index contributed by atoms with van der Waals surface area (Å²) in [4.78, 5) is 14.7. The summed E-state index contributed by atoms with van der Waals surface area (Å²) in [5.41, 5.74) is 1.39. The molecular formula is C19H31N3O4S. The van der Waals surface area contributed by atoms with Crippen molar-refractivity contribution in [1.82, 2.24) is 14.9 Å². The summed E-state index contributed by atoms with van der Waals surface area (Å²) in [6.45, 7) is 11.5. The first-order valence-electron chi connectivity index (χ1n) is 9.28. The number of carbonyl (C=O) groups is 1. The average molecular weight is 398 g/mol. The van der Waals surface area contributed by atoms with E-state index in [2.05, 4.69) is 28.8 Å². The molecule has 1 aliphatic rings. The minimum absolute atomic E-state index is 0.0690. The molecule has 2 rings (SSSR count). The van der Waals surface area contributed by atoms with Crippen molar-refractivity contribution in [2.45, 2.75) is 44.6 Å².